The molecule has 0 amide bonds. The maximum atomic E-state index is 13.3. The summed E-state index contributed by atoms with van der Waals surface area (Å²) >= 11 is 0. The number of nitrogens with zero attached hydrogens (tertiary/aromatic N) is 4. The molecule has 1 aliphatic rings. The predicted octanol–water partition coefficient (Wildman–Crippen LogP) is 5.54. The van der Waals surface area contributed by atoms with Crippen molar-refractivity contribution < 1.29 is 13.2 Å². The number of benzene rings is 2. The summed E-state index contributed by atoms with van der Waals surface area (Å²) in [4.78, 5) is 11.3. The van der Waals surface area contributed by atoms with Crippen molar-refractivity contribution in [1.29, 1.82) is 0 Å². The minimum Gasteiger partial charge on any atom is -0.365 e. The van der Waals surface area contributed by atoms with Gasteiger partial charge in [0.25, 0.3) is 0 Å². The second kappa shape index (κ2) is 8.19. The smallest absolute Gasteiger partial charge is 0.365 e. The maximum absolute atomic E-state index is 13.3. The minimum absolute atomic E-state index is 0.223. The van der Waals surface area contributed by atoms with E-state index in [1.165, 1.54) is 18.6 Å². The van der Waals surface area contributed by atoms with E-state index in [4.69, 9.17) is 0 Å². The second-order valence-electron chi connectivity index (χ2n) is 8.47. The van der Waals surface area contributed by atoms with E-state index < -0.39 is 11.7 Å². The molecule has 0 saturated carbocycles. The van der Waals surface area contributed by atoms with Crippen LogP contribution in [0.3, 0.4) is 0 Å². The normalized spacial score (nSPS) is 15.2. The van der Waals surface area contributed by atoms with E-state index in [1.54, 1.807) is 12.3 Å². The molecular weight excluding hydrogens is 427 g/mol. The van der Waals surface area contributed by atoms with E-state index >= 15 is 0 Å². The second-order valence-corrected chi connectivity index (χ2v) is 8.47. The number of aromatic nitrogens is 3. The Morgan fingerprint density at radius 3 is 2.76 bits per heavy atom. The molecule has 0 unspecified atom stereocenters. The molecule has 4 aromatic rings. The van der Waals surface area contributed by atoms with E-state index in [1.807, 2.05) is 10.6 Å². The molecular formula is C25H24F3N5. The highest BCUT2D eigenvalue weighted by Crippen LogP contribution is 2.34. The first-order valence-corrected chi connectivity index (χ1v) is 10.9. The number of rotatable bonds is 4. The van der Waals surface area contributed by atoms with Crippen LogP contribution in [0.1, 0.15) is 28.7 Å². The van der Waals surface area contributed by atoms with Crippen LogP contribution in [-0.2, 0) is 12.7 Å². The Morgan fingerprint density at radius 2 is 2.00 bits per heavy atom. The van der Waals surface area contributed by atoms with Crippen LogP contribution >= 0.6 is 0 Å². The van der Waals surface area contributed by atoms with E-state index in [0.29, 0.717) is 17.2 Å². The minimum atomic E-state index is -4.38. The lowest BCUT2D eigenvalue weighted by atomic mass is 9.98. The van der Waals surface area contributed by atoms with Crippen LogP contribution in [0, 0.1) is 6.92 Å². The average Bonchev–Trinajstić information content (AvgIpc) is 3.26. The Labute approximate surface area is 189 Å². The maximum Gasteiger partial charge on any atom is 0.416 e. The van der Waals surface area contributed by atoms with Gasteiger partial charge < -0.3 is 10.2 Å². The van der Waals surface area contributed by atoms with Crippen molar-refractivity contribution in [3.63, 3.8) is 0 Å². The molecule has 1 aliphatic heterocycles. The highest BCUT2D eigenvalue weighted by molar-refractivity contribution is 5.93. The van der Waals surface area contributed by atoms with Crippen LogP contribution in [0.25, 0.3) is 22.3 Å². The van der Waals surface area contributed by atoms with Crippen molar-refractivity contribution >= 4 is 28.1 Å². The quantitative estimate of drug-likeness (QED) is 0.443. The van der Waals surface area contributed by atoms with Crippen molar-refractivity contribution in [2.45, 2.75) is 26.1 Å². The number of likely N-dealkylation sites (N-methyl/N-ethyl adjacent to an activating group) is 1. The Morgan fingerprint density at radius 1 is 1.15 bits per heavy atom. The fourth-order valence-electron chi connectivity index (χ4n) is 4.39. The zero-order valence-corrected chi connectivity index (χ0v) is 18.4. The summed E-state index contributed by atoms with van der Waals surface area (Å²) in [5.41, 5.74) is 3.56. The van der Waals surface area contributed by atoms with E-state index in [2.05, 4.69) is 51.5 Å². The molecule has 1 N–H and O–H groups in total. The summed E-state index contributed by atoms with van der Waals surface area (Å²) < 4.78 is 41.9. The first-order valence-electron chi connectivity index (χ1n) is 10.9. The Balaban J connectivity index is 1.55. The predicted molar refractivity (Wildman–Crippen MR) is 124 cm³/mol. The van der Waals surface area contributed by atoms with Crippen LogP contribution in [0.4, 0.5) is 19.0 Å². The number of alkyl halides is 3. The molecule has 0 spiro atoms. The highest BCUT2D eigenvalue weighted by Gasteiger charge is 2.32. The largest absolute Gasteiger partial charge is 0.416 e. The molecule has 33 heavy (non-hydrogen) atoms. The lowest BCUT2D eigenvalue weighted by Crippen LogP contribution is -2.23. The van der Waals surface area contributed by atoms with Crippen molar-refractivity contribution in [2.75, 3.05) is 25.5 Å². The van der Waals surface area contributed by atoms with Gasteiger partial charge in [-0.15, -0.1) is 0 Å². The van der Waals surface area contributed by atoms with Crippen molar-refractivity contribution in [3.8, 4) is 0 Å². The number of fused-ring (bicyclic) bond motifs is 3. The molecule has 5 rings (SSSR count). The molecule has 170 valence electrons. The molecule has 5 nitrogen and oxygen atoms in total. The number of imidazole rings is 1. The average molecular weight is 451 g/mol. The number of hydrogen-bond donors (Lipinski definition) is 1. The highest BCUT2D eigenvalue weighted by atomic mass is 19.4. The topological polar surface area (TPSA) is 45.5 Å². The van der Waals surface area contributed by atoms with Crippen LogP contribution in [-0.4, -0.2) is 39.4 Å². The lowest BCUT2D eigenvalue weighted by molar-refractivity contribution is -0.138. The van der Waals surface area contributed by atoms with Crippen molar-refractivity contribution in [1.82, 2.24) is 19.3 Å². The van der Waals surface area contributed by atoms with Gasteiger partial charge in [-0.3, -0.25) is 4.40 Å². The molecule has 0 radical (unpaired) electrons. The molecule has 0 fully saturated rings. The van der Waals surface area contributed by atoms with Crippen LogP contribution in [0.2, 0.25) is 0 Å². The van der Waals surface area contributed by atoms with Crippen molar-refractivity contribution in [2.24, 2.45) is 0 Å². The van der Waals surface area contributed by atoms with Crippen molar-refractivity contribution in [3.05, 3.63) is 77.1 Å². The van der Waals surface area contributed by atoms with Gasteiger partial charge in [-0.1, -0.05) is 24.3 Å². The summed E-state index contributed by atoms with van der Waals surface area (Å²) in [6, 6.07) is 10.6. The molecule has 0 saturated heterocycles. The van der Waals surface area contributed by atoms with Crippen LogP contribution in [0.5, 0.6) is 0 Å². The van der Waals surface area contributed by atoms with Gasteiger partial charge in [0, 0.05) is 37.4 Å². The SMILES string of the molecule is Cc1c(CNc2nc3nccn3c3ccc(C4=CCN(C)CC4)cc23)cccc1C(F)(F)F. The lowest BCUT2D eigenvalue weighted by Gasteiger charge is -2.22. The molecule has 3 heterocycles. The van der Waals surface area contributed by atoms with E-state index in [-0.39, 0.29) is 12.1 Å². The third-order valence-corrected chi connectivity index (χ3v) is 6.32. The first kappa shape index (κ1) is 21.5. The van der Waals surface area contributed by atoms with Gasteiger partial charge in [-0.2, -0.15) is 18.2 Å². The van der Waals surface area contributed by atoms with Gasteiger partial charge in [0.05, 0.1) is 11.1 Å². The summed E-state index contributed by atoms with van der Waals surface area (Å²) in [5.74, 6) is 1.15. The first-order chi connectivity index (χ1) is 15.8. The Kier molecular flexibility index (Phi) is 5.32. The fourth-order valence-corrected chi connectivity index (χ4v) is 4.39. The molecule has 0 atom stereocenters. The zero-order valence-electron chi connectivity index (χ0n) is 18.4. The third-order valence-electron chi connectivity index (χ3n) is 6.32. The monoisotopic (exact) mass is 451 g/mol. The van der Waals surface area contributed by atoms with Gasteiger partial charge in [-0.05, 0) is 60.9 Å². The summed E-state index contributed by atoms with van der Waals surface area (Å²) in [6.07, 6.45) is 2.38. The van der Waals surface area contributed by atoms with E-state index in [9.17, 15) is 13.2 Å². The number of halogens is 3. The Hall–Kier alpha value is -3.39. The zero-order chi connectivity index (χ0) is 23.2. The van der Waals surface area contributed by atoms with Crippen LogP contribution in [0.15, 0.2) is 54.9 Å². The summed E-state index contributed by atoms with van der Waals surface area (Å²) in [7, 11) is 2.10. The summed E-state index contributed by atoms with van der Waals surface area (Å²) in [6.45, 7) is 3.65. The Bertz CT molecular complexity index is 1370. The number of hydrogen-bond acceptors (Lipinski definition) is 4. The summed E-state index contributed by atoms with van der Waals surface area (Å²) in [5, 5.41) is 4.19. The fraction of sp³-hybridized carbons (Fsp3) is 0.280. The van der Waals surface area contributed by atoms with Gasteiger partial charge in [0.15, 0.2) is 0 Å². The standard InChI is InChI=1S/C25H24F3N5/c1-16-19(4-3-5-21(16)25(26,27)28)15-30-23-20-14-18(17-8-11-32(2)12-9-17)6-7-22(20)33-13-10-29-24(33)31-23/h3-8,10,13-14H,9,11-12,15H2,1-2H3,(H,29,30,31). The van der Waals surface area contributed by atoms with Gasteiger partial charge in [0.2, 0.25) is 5.78 Å². The van der Waals surface area contributed by atoms with E-state index in [0.717, 1.165) is 42.0 Å². The van der Waals surface area contributed by atoms with Gasteiger partial charge in [-0.25, -0.2) is 4.98 Å². The molecule has 0 aliphatic carbocycles. The number of nitrogens with one attached hydrogen (secondary N) is 1. The molecule has 2 aromatic carbocycles. The molecule has 8 heteroatoms. The van der Waals surface area contributed by atoms with Gasteiger partial charge in [0.1, 0.15) is 5.82 Å². The van der Waals surface area contributed by atoms with Crippen LogP contribution < -0.4 is 5.32 Å². The third kappa shape index (κ3) is 4.06. The van der Waals surface area contributed by atoms with Gasteiger partial charge >= 0.3 is 6.18 Å². The molecule has 2 aromatic heterocycles. The number of anilines is 1. The molecule has 0 bridgehead atoms.